The Bertz CT molecular complexity index is 325. The van der Waals surface area contributed by atoms with Crippen molar-refractivity contribution in [1.29, 1.82) is 0 Å². The summed E-state index contributed by atoms with van der Waals surface area (Å²) in [4.78, 5) is 13.3. The fourth-order valence-electron chi connectivity index (χ4n) is 1.66. The number of hydrogen-bond donors (Lipinski definition) is 0. The molecule has 0 aromatic heterocycles. The lowest BCUT2D eigenvalue weighted by molar-refractivity contribution is -0.145. The van der Waals surface area contributed by atoms with Crippen molar-refractivity contribution in [2.45, 2.75) is 19.0 Å². The van der Waals surface area contributed by atoms with Crippen molar-refractivity contribution < 1.29 is 4.79 Å². The van der Waals surface area contributed by atoms with Crippen molar-refractivity contribution in [1.82, 2.24) is 4.90 Å². The van der Waals surface area contributed by atoms with Gasteiger partial charge in [-0.15, -0.1) is 0 Å². The van der Waals surface area contributed by atoms with Crippen LogP contribution < -0.4 is 0 Å². The minimum atomic E-state index is 0.288. The summed E-state index contributed by atoms with van der Waals surface area (Å²) in [6.45, 7) is 0.771. The Morgan fingerprint density at radius 2 is 2.07 bits per heavy atom. The van der Waals surface area contributed by atoms with Crippen LogP contribution in [0.1, 0.15) is 12.0 Å². The van der Waals surface area contributed by atoms with Gasteiger partial charge < -0.3 is 4.90 Å². The van der Waals surface area contributed by atoms with E-state index in [1.54, 1.807) is 0 Å². The summed E-state index contributed by atoms with van der Waals surface area (Å²) < 4.78 is 1.04. The van der Waals surface area contributed by atoms with Crippen LogP contribution in [0.4, 0.5) is 0 Å². The summed E-state index contributed by atoms with van der Waals surface area (Å²) in [5.74, 6) is 0.288. The molecule has 1 saturated heterocycles. The molecular weight excluding hydrogens is 289 g/mol. The average molecular weight is 301 g/mol. The number of alkyl halides is 1. The molecule has 1 aliphatic rings. The lowest BCUT2D eigenvalue weighted by Crippen LogP contribution is -2.52. The van der Waals surface area contributed by atoms with Gasteiger partial charge in [-0.2, -0.15) is 0 Å². The van der Waals surface area contributed by atoms with E-state index in [4.69, 9.17) is 0 Å². The van der Waals surface area contributed by atoms with E-state index >= 15 is 0 Å². The highest BCUT2D eigenvalue weighted by atomic mass is 127. The van der Waals surface area contributed by atoms with Crippen LogP contribution in [0.3, 0.4) is 0 Å². The highest BCUT2D eigenvalue weighted by Gasteiger charge is 2.34. The molecule has 14 heavy (non-hydrogen) atoms. The molecule has 1 unspecified atom stereocenters. The molecule has 1 atom stereocenters. The van der Waals surface area contributed by atoms with E-state index in [1.807, 2.05) is 23.1 Å². The van der Waals surface area contributed by atoms with E-state index in [9.17, 15) is 4.79 Å². The fraction of sp³-hybridized carbons (Fsp3) is 0.364. The van der Waals surface area contributed by atoms with E-state index in [0.717, 1.165) is 17.4 Å². The maximum atomic E-state index is 11.3. The van der Waals surface area contributed by atoms with Crippen LogP contribution in [-0.2, 0) is 11.3 Å². The molecule has 74 valence electrons. The first-order valence-corrected chi connectivity index (χ1v) is 6.23. The van der Waals surface area contributed by atoms with Gasteiger partial charge in [-0.1, -0.05) is 52.9 Å². The van der Waals surface area contributed by atoms with Crippen LogP contribution in [0.15, 0.2) is 30.3 Å². The Hall–Kier alpha value is -0.580. The SMILES string of the molecule is O=C1CC(CI)N1Cc1ccccc1. The van der Waals surface area contributed by atoms with Crippen molar-refractivity contribution in [2.24, 2.45) is 0 Å². The molecule has 1 heterocycles. The summed E-state index contributed by atoms with van der Waals surface area (Å²) >= 11 is 2.34. The van der Waals surface area contributed by atoms with E-state index in [0.29, 0.717) is 6.04 Å². The van der Waals surface area contributed by atoms with Crippen molar-refractivity contribution in [3.8, 4) is 0 Å². The first kappa shape index (κ1) is 9.96. The predicted molar refractivity (Wildman–Crippen MR) is 64.3 cm³/mol. The van der Waals surface area contributed by atoms with E-state index in [1.165, 1.54) is 5.56 Å². The zero-order valence-electron chi connectivity index (χ0n) is 7.82. The van der Waals surface area contributed by atoms with Crippen LogP contribution in [0.5, 0.6) is 0 Å². The molecule has 1 aromatic carbocycles. The molecule has 3 heteroatoms. The third-order valence-electron chi connectivity index (χ3n) is 2.55. The number of benzene rings is 1. The van der Waals surface area contributed by atoms with Crippen LogP contribution in [-0.4, -0.2) is 21.3 Å². The van der Waals surface area contributed by atoms with Gasteiger partial charge in [-0.3, -0.25) is 4.79 Å². The van der Waals surface area contributed by atoms with Crippen molar-refractivity contribution >= 4 is 28.5 Å². The summed E-state index contributed by atoms with van der Waals surface area (Å²) in [6, 6.07) is 10.6. The van der Waals surface area contributed by atoms with Crippen LogP contribution in [0.25, 0.3) is 0 Å². The molecule has 1 aliphatic heterocycles. The average Bonchev–Trinajstić information content (AvgIpc) is 2.24. The molecule has 0 N–H and O–H groups in total. The lowest BCUT2D eigenvalue weighted by Gasteiger charge is -2.39. The monoisotopic (exact) mass is 301 g/mol. The maximum Gasteiger partial charge on any atom is 0.225 e. The Kier molecular flexibility index (Phi) is 3.05. The van der Waals surface area contributed by atoms with Gasteiger partial charge in [0.05, 0.1) is 0 Å². The van der Waals surface area contributed by atoms with E-state index in [2.05, 4.69) is 34.7 Å². The van der Waals surface area contributed by atoms with Gasteiger partial charge in [0.1, 0.15) is 0 Å². The molecule has 2 nitrogen and oxygen atoms in total. The van der Waals surface area contributed by atoms with Crippen LogP contribution >= 0.6 is 22.6 Å². The number of rotatable bonds is 3. The Labute approximate surface area is 97.4 Å². The molecule has 1 fully saturated rings. The molecule has 0 radical (unpaired) electrons. The van der Waals surface area contributed by atoms with Gasteiger partial charge in [-0.05, 0) is 5.56 Å². The third-order valence-corrected chi connectivity index (χ3v) is 3.56. The molecule has 0 aliphatic carbocycles. The summed E-state index contributed by atoms with van der Waals surface area (Å²) in [5, 5.41) is 0. The number of carbonyl (C=O) groups excluding carboxylic acids is 1. The Morgan fingerprint density at radius 3 is 2.64 bits per heavy atom. The number of nitrogens with zero attached hydrogens (tertiary/aromatic N) is 1. The highest BCUT2D eigenvalue weighted by molar-refractivity contribution is 14.1. The third kappa shape index (κ3) is 1.92. The first-order valence-electron chi connectivity index (χ1n) is 4.70. The fourth-order valence-corrected chi connectivity index (χ4v) is 2.44. The Morgan fingerprint density at radius 1 is 1.36 bits per heavy atom. The number of β-lactam (4-membered cyclic amide) rings is 1. The molecule has 0 spiro atoms. The normalized spacial score (nSPS) is 20.8. The van der Waals surface area contributed by atoms with Crippen LogP contribution in [0.2, 0.25) is 0 Å². The minimum Gasteiger partial charge on any atom is -0.334 e. The van der Waals surface area contributed by atoms with Crippen molar-refractivity contribution in [3.63, 3.8) is 0 Å². The number of amides is 1. The quantitative estimate of drug-likeness (QED) is 0.476. The molecule has 1 aromatic rings. The Balaban J connectivity index is 2.01. The molecule has 2 rings (SSSR count). The highest BCUT2D eigenvalue weighted by Crippen LogP contribution is 2.23. The standard InChI is InChI=1S/C11H12INO/c12-7-10-6-11(14)13(10)8-9-4-2-1-3-5-9/h1-5,10H,6-8H2. The molecule has 1 amide bonds. The van der Waals surface area contributed by atoms with Gasteiger partial charge in [0, 0.05) is 23.4 Å². The summed E-state index contributed by atoms with van der Waals surface area (Å²) in [5.41, 5.74) is 1.22. The van der Waals surface area contributed by atoms with Crippen molar-refractivity contribution in [2.75, 3.05) is 4.43 Å². The van der Waals surface area contributed by atoms with Gasteiger partial charge >= 0.3 is 0 Å². The van der Waals surface area contributed by atoms with Gasteiger partial charge in [0.2, 0.25) is 5.91 Å². The zero-order valence-corrected chi connectivity index (χ0v) is 9.98. The number of hydrogen-bond acceptors (Lipinski definition) is 1. The number of halogens is 1. The molecule has 0 saturated carbocycles. The first-order chi connectivity index (χ1) is 6.81. The van der Waals surface area contributed by atoms with Crippen molar-refractivity contribution in [3.05, 3.63) is 35.9 Å². The van der Waals surface area contributed by atoms with Gasteiger partial charge in [0.15, 0.2) is 0 Å². The van der Waals surface area contributed by atoms with E-state index in [-0.39, 0.29) is 5.91 Å². The summed E-state index contributed by atoms with van der Waals surface area (Å²) in [6.07, 6.45) is 0.732. The van der Waals surface area contributed by atoms with Crippen LogP contribution in [0, 0.1) is 0 Å². The topological polar surface area (TPSA) is 20.3 Å². The second-order valence-electron chi connectivity index (χ2n) is 3.52. The predicted octanol–water partition coefficient (Wildman–Crippen LogP) is 2.22. The van der Waals surface area contributed by atoms with Gasteiger partial charge in [0.25, 0.3) is 0 Å². The minimum absolute atomic E-state index is 0.288. The zero-order chi connectivity index (χ0) is 9.97. The maximum absolute atomic E-state index is 11.3. The number of carbonyl (C=O) groups is 1. The second-order valence-corrected chi connectivity index (χ2v) is 4.40. The molecular formula is C11H12INO. The second kappa shape index (κ2) is 4.29. The largest absolute Gasteiger partial charge is 0.334 e. The number of likely N-dealkylation sites (tertiary alicyclic amines) is 1. The lowest BCUT2D eigenvalue weighted by atomic mass is 10.0. The van der Waals surface area contributed by atoms with E-state index < -0.39 is 0 Å². The summed E-state index contributed by atoms with van der Waals surface area (Å²) in [7, 11) is 0. The smallest absolute Gasteiger partial charge is 0.225 e. The van der Waals surface area contributed by atoms with Gasteiger partial charge in [-0.25, -0.2) is 0 Å². The molecule has 0 bridgehead atoms.